The van der Waals surface area contributed by atoms with E-state index in [-0.39, 0.29) is 23.0 Å². The molecule has 0 aliphatic heterocycles. The second-order valence-electron chi connectivity index (χ2n) is 8.88. The first-order valence-electron chi connectivity index (χ1n) is 12.1. The highest BCUT2D eigenvalue weighted by molar-refractivity contribution is 6.10. The summed E-state index contributed by atoms with van der Waals surface area (Å²) in [5, 5.41) is 11.7. The van der Waals surface area contributed by atoms with Crippen molar-refractivity contribution in [3.05, 3.63) is 71.3 Å². The number of carbonyl (C=O) groups is 2. The summed E-state index contributed by atoms with van der Waals surface area (Å²) >= 11 is 0. The highest BCUT2D eigenvalue weighted by Gasteiger charge is 2.28. The maximum atomic E-state index is 13.4. The van der Waals surface area contributed by atoms with Crippen LogP contribution in [-0.2, 0) is 0 Å². The van der Waals surface area contributed by atoms with Gasteiger partial charge in [0.25, 0.3) is 11.8 Å². The molecule has 11 nitrogen and oxygen atoms in total. The number of ether oxygens (including phenoxy) is 1. The van der Waals surface area contributed by atoms with Gasteiger partial charge in [-0.2, -0.15) is 0 Å². The molecule has 2 aliphatic rings. The van der Waals surface area contributed by atoms with E-state index in [4.69, 9.17) is 4.74 Å². The third-order valence-corrected chi connectivity index (χ3v) is 6.15. The quantitative estimate of drug-likeness (QED) is 0.330. The van der Waals surface area contributed by atoms with E-state index >= 15 is 0 Å². The van der Waals surface area contributed by atoms with Crippen LogP contribution in [0.15, 0.2) is 54.4 Å². The Kier molecular flexibility index (Phi) is 6.93. The van der Waals surface area contributed by atoms with Crippen molar-refractivity contribution in [2.45, 2.75) is 31.6 Å². The van der Waals surface area contributed by atoms with Crippen molar-refractivity contribution in [2.75, 3.05) is 31.3 Å². The van der Waals surface area contributed by atoms with E-state index < -0.39 is 5.91 Å². The maximum absolute atomic E-state index is 13.4. The third-order valence-electron chi connectivity index (χ3n) is 6.15. The average Bonchev–Trinajstić information content (AvgIpc) is 3.84. The van der Waals surface area contributed by atoms with E-state index in [1.54, 1.807) is 36.8 Å². The van der Waals surface area contributed by atoms with Gasteiger partial charge in [0.2, 0.25) is 0 Å². The summed E-state index contributed by atoms with van der Waals surface area (Å²) in [6, 6.07) is 4.99. The van der Waals surface area contributed by atoms with Crippen molar-refractivity contribution in [3.63, 3.8) is 0 Å². The van der Waals surface area contributed by atoms with Gasteiger partial charge in [0, 0.05) is 25.7 Å². The van der Waals surface area contributed by atoms with E-state index in [9.17, 15) is 9.59 Å². The lowest BCUT2D eigenvalue weighted by molar-refractivity contribution is 0.0963. The SMILES string of the molecule is CNC(=O)c1cc(OCC(NC)=C2CC2)ccc1NC(=O)c1nc(C2CC2)cnc1Nc1cncnc1. The Morgan fingerprint density at radius 1 is 1.03 bits per heavy atom. The number of hydrogen-bond donors (Lipinski definition) is 4. The van der Waals surface area contributed by atoms with Crippen LogP contribution in [-0.4, -0.2) is 52.5 Å². The molecule has 2 saturated carbocycles. The van der Waals surface area contributed by atoms with Crippen LogP contribution in [0.5, 0.6) is 5.75 Å². The Morgan fingerprint density at radius 3 is 2.49 bits per heavy atom. The molecule has 0 unspecified atom stereocenters. The second kappa shape index (κ2) is 10.6. The van der Waals surface area contributed by atoms with E-state index in [0.717, 1.165) is 37.1 Å². The Balaban J connectivity index is 1.40. The number of nitrogens with zero attached hydrogens (tertiary/aromatic N) is 4. The van der Waals surface area contributed by atoms with Crippen LogP contribution in [0.3, 0.4) is 0 Å². The van der Waals surface area contributed by atoms with Crippen molar-refractivity contribution in [1.82, 2.24) is 30.6 Å². The average molecular weight is 501 g/mol. The standard InChI is InChI=1S/C26H28N8O3/c1-27-22(16-5-6-16)13-37-18-7-8-20(19(9-18)25(35)28-2)34-26(36)23-24(32-17-10-29-14-30-11-17)31-12-21(33-23)15-3-4-15/h7-12,14-15,27H,3-6,13H2,1-2H3,(H,28,35)(H,31,32)(H,34,36). The number of benzene rings is 1. The summed E-state index contributed by atoms with van der Waals surface area (Å²) in [4.78, 5) is 43.2. The molecule has 2 heterocycles. The van der Waals surface area contributed by atoms with Crippen molar-refractivity contribution in [2.24, 2.45) is 0 Å². The zero-order chi connectivity index (χ0) is 25.8. The molecule has 0 spiro atoms. The van der Waals surface area contributed by atoms with Gasteiger partial charge < -0.3 is 26.0 Å². The molecule has 190 valence electrons. The van der Waals surface area contributed by atoms with E-state index in [1.165, 1.54) is 18.9 Å². The molecule has 3 aromatic rings. The molecule has 2 fully saturated rings. The van der Waals surface area contributed by atoms with Crippen LogP contribution >= 0.6 is 0 Å². The van der Waals surface area contributed by atoms with E-state index in [2.05, 4.69) is 41.2 Å². The fraction of sp³-hybridized carbons (Fsp3) is 0.308. The molecule has 11 heteroatoms. The number of carbonyl (C=O) groups excluding carboxylic acids is 2. The van der Waals surface area contributed by atoms with Gasteiger partial charge in [0.1, 0.15) is 18.7 Å². The van der Waals surface area contributed by atoms with Gasteiger partial charge >= 0.3 is 0 Å². The predicted molar refractivity (Wildman–Crippen MR) is 138 cm³/mol. The minimum atomic E-state index is -0.496. The smallest absolute Gasteiger partial charge is 0.278 e. The van der Waals surface area contributed by atoms with Crippen molar-refractivity contribution < 1.29 is 14.3 Å². The minimum Gasteiger partial charge on any atom is -0.487 e. The Hall–Kier alpha value is -4.54. The highest BCUT2D eigenvalue weighted by atomic mass is 16.5. The highest BCUT2D eigenvalue weighted by Crippen LogP contribution is 2.39. The van der Waals surface area contributed by atoms with Crippen LogP contribution in [0.2, 0.25) is 0 Å². The van der Waals surface area contributed by atoms with Gasteiger partial charge in [-0.3, -0.25) is 9.59 Å². The number of anilines is 3. The molecular weight excluding hydrogens is 472 g/mol. The number of hydrogen-bond acceptors (Lipinski definition) is 9. The maximum Gasteiger partial charge on any atom is 0.278 e. The van der Waals surface area contributed by atoms with Crippen LogP contribution in [0.25, 0.3) is 0 Å². The zero-order valence-corrected chi connectivity index (χ0v) is 20.7. The number of rotatable bonds is 10. The summed E-state index contributed by atoms with van der Waals surface area (Å²) in [6.07, 6.45) is 10.4. The lowest BCUT2D eigenvalue weighted by atomic mass is 10.1. The topological polar surface area (TPSA) is 143 Å². The van der Waals surface area contributed by atoms with Crippen LogP contribution in [0, 0.1) is 0 Å². The van der Waals surface area contributed by atoms with Gasteiger partial charge in [-0.15, -0.1) is 0 Å². The number of aromatic nitrogens is 4. The van der Waals surface area contributed by atoms with Gasteiger partial charge in [0.05, 0.1) is 41.2 Å². The molecule has 0 bridgehead atoms. The minimum absolute atomic E-state index is 0.117. The Morgan fingerprint density at radius 2 is 1.81 bits per heavy atom. The van der Waals surface area contributed by atoms with Crippen molar-refractivity contribution in [1.29, 1.82) is 0 Å². The summed E-state index contributed by atoms with van der Waals surface area (Å²) in [5.74, 6) is 0.245. The molecular formula is C26H28N8O3. The molecule has 4 N–H and O–H groups in total. The molecule has 2 aromatic heterocycles. The van der Waals surface area contributed by atoms with Crippen LogP contribution < -0.4 is 26.0 Å². The molecule has 5 rings (SSSR count). The van der Waals surface area contributed by atoms with Crippen molar-refractivity contribution >= 4 is 29.0 Å². The molecule has 2 aliphatic carbocycles. The van der Waals surface area contributed by atoms with Crippen LogP contribution in [0.4, 0.5) is 17.2 Å². The zero-order valence-electron chi connectivity index (χ0n) is 20.7. The summed E-state index contributed by atoms with van der Waals surface area (Å²) < 4.78 is 5.92. The summed E-state index contributed by atoms with van der Waals surface area (Å²) in [5.41, 5.74) is 4.46. The third kappa shape index (κ3) is 5.83. The number of amides is 2. The first-order chi connectivity index (χ1) is 18.1. The molecule has 37 heavy (non-hydrogen) atoms. The number of likely N-dealkylation sites (N-methyl/N-ethyl adjacent to an activating group) is 1. The monoisotopic (exact) mass is 500 g/mol. The lowest BCUT2D eigenvalue weighted by Gasteiger charge is -2.15. The normalized spacial score (nSPS) is 13.9. The predicted octanol–water partition coefficient (Wildman–Crippen LogP) is 3.15. The molecule has 2 amide bonds. The largest absolute Gasteiger partial charge is 0.487 e. The fourth-order valence-electron chi connectivity index (χ4n) is 3.83. The first-order valence-corrected chi connectivity index (χ1v) is 12.1. The summed E-state index contributed by atoms with van der Waals surface area (Å²) in [7, 11) is 3.40. The molecule has 0 saturated heterocycles. The first kappa shape index (κ1) is 24.2. The fourth-order valence-corrected chi connectivity index (χ4v) is 3.83. The second-order valence-corrected chi connectivity index (χ2v) is 8.88. The van der Waals surface area contributed by atoms with E-state index in [1.807, 2.05) is 7.05 Å². The summed E-state index contributed by atoms with van der Waals surface area (Å²) in [6.45, 7) is 0.381. The van der Waals surface area contributed by atoms with Gasteiger partial charge in [-0.1, -0.05) is 0 Å². The van der Waals surface area contributed by atoms with Crippen molar-refractivity contribution in [3.8, 4) is 5.75 Å². The molecule has 0 radical (unpaired) electrons. The Bertz CT molecular complexity index is 1350. The number of nitrogens with one attached hydrogen (secondary N) is 4. The van der Waals surface area contributed by atoms with E-state index in [0.29, 0.717) is 29.6 Å². The Labute approximate surface area is 214 Å². The van der Waals surface area contributed by atoms with Gasteiger partial charge in [0.15, 0.2) is 11.5 Å². The van der Waals surface area contributed by atoms with Gasteiger partial charge in [-0.25, -0.2) is 19.9 Å². The molecule has 1 aromatic carbocycles. The van der Waals surface area contributed by atoms with Crippen LogP contribution in [0.1, 0.15) is 58.1 Å². The lowest BCUT2D eigenvalue weighted by Crippen LogP contribution is -2.23. The molecule has 0 atom stereocenters. The van der Waals surface area contributed by atoms with Gasteiger partial charge in [-0.05, 0) is 49.5 Å². The number of allylic oxidation sites excluding steroid dienone is 1.